The quantitative estimate of drug-likeness (QED) is 0.182. The van der Waals surface area contributed by atoms with Gasteiger partial charge in [-0.3, -0.25) is 0 Å². The Morgan fingerprint density at radius 3 is 1.92 bits per heavy atom. The molecule has 7 rings (SSSR count). The van der Waals surface area contributed by atoms with Crippen molar-refractivity contribution in [1.82, 2.24) is 4.90 Å². The third kappa shape index (κ3) is 4.43. The first-order chi connectivity index (χ1) is 23.2. The Labute approximate surface area is 300 Å². The minimum Gasteiger partial charge on any atom is -0.493 e. The number of fused-ring (bicyclic) bond motifs is 9. The molecule has 7 nitrogen and oxygen atoms in total. The number of hydrogen-bond acceptors (Lipinski definition) is 7. The Morgan fingerprint density at radius 1 is 0.771 bits per heavy atom. The van der Waals surface area contributed by atoms with E-state index in [9.17, 15) is 9.59 Å². The molecule has 10 heteroatoms. The second-order valence-electron chi connectivity index (χ2n) is 11.8. The molecular weight excluding hydrogens is 762 g/mol. The van der Waals surface area contributed by atoms with E-state index in [2.05, 4.69) is 37.9 Å². The Morgan fingerprint density at radius 2 is 1.35 bits per heavy atom. The number of benzene rings is 4. The van der Waals surface area contributed by atoms with Crippen molar-refractivity contribution in [3.8, 4) is 22.6 Å². The molecule has 0 amide bonds. The molecule has 1 spiro atoms. The molecule has 48 heavy (non-hydrogen) atoms. The largest absolute Gasteiger partial charge is 0.493 e. The van der Waals surface area contributed by atoms with Crippen LogP contribution in [0.25, 0.3) is 17.2 Å². The van der Waals surface area contributed by atoms with Gasteiger partial charge < -0.3 is 23.8 Å². The second kappa shape index (κ2) is 12.1. The third-order valence-electron chi connectivity index (χ3n) is 9.72. The minimum atomic E-state index is -1.32. The molecule has 1 atom stereocenters. The number of carbonyl (C=O) groups is 2. The molecule has 0 fully saturated rings. The molecule has 2 aliphatic heterocycles. The van der Waals surface area contributed by atoms with Crippen molar-refractivity contribution < 1.29 is 28.5 Å². The number of halogens is 3. The number of hydrogen-bond donors (Lipinski definition) is 0. The van der Waals surface area contributed by atoms with Gasteiger partial charge in [0.25, 0.3) is 0 Å². The van der Waals surface area contributed by atoms with Gasteiger partial charge in [0.2, 0.25) is 0 Å². The van der Waals surface area contributed by atoms with Crippen molar-refractivity contribution in [3.63, 3.8) is 0 Å². The van der Waals surface area contributed by atoms with E-state index in [-0.39, 0.29) is 11.3 Å². The van der Waals surface area contributed by atoms with Crippen molar-refractivity contribution in [1.29, 1.82) is 0 Å². The van der Waals surface area contributed by atoms with Gasteiger partial charge in [0, 0.05) is 20.5 Å². The van der Waals surface area contributed by atoms with E-state index in [0.717, 1.165) is 47.9 Å². The predicted molar refractivity (Wildman–Crippen MR) is 191 cm³/mol. The Hall–Kier alpha value is -4.05. The summed E-state index contributed by atoms with van der Waals surface area (Å²) in [6.07, 6.45) is 4.66. The Bertz CT molecular complexity index is 2020. The zero-order valence-corrected chi connectivity index (χ0v) is 30.5. The van der Waals surface area contributed by atoms with Gasteiger partial charge in [-0.1, -0.05) is 79.9 Å². The highest BCUT2D eigenvalue weighted by atomic mass is 79.9. The number of ether oxygens (including phenoxy) is 4. The summed E-state index contributed by atoms with van der Waals surface area (Å²) < 4.78 is 24.4. The van der Waals surface area contributed by atoms with Crippen LogP contribution in [0.5, 0.6) is 11.5 Å². The highest BCUT2D eigenvalue weighted by Crippen LogP contribution is 2.70. The van der Waals surface area contributed by atoms with Crippen LogP contribution in [-0.2, 0) is 36.4 Å². The van der Waals surface area contributed by atoms with Crippen LogP contribution >= 0.6 is 43.5 Å². The first-order valence-corrected chi connectivity index (χ1v) is 17.1. The SMILES string of the molecule is COC(=O)C1=C(C(=O)OC)C2(c3cc(Br)ccc3-c3ccc(Br)cc32)C2(/C=C/c3ccc(Cl)cc3)c3cc(OC)c(OC)cc3CCN12. The van der Waals surface area contributed by atoms with E-state index in [0.29, 0.717) is 29.5 Å². The first kappa shape index (κ1) is 32.5. The molecule has 0 N–H and O–H groups in total. The monoisotopic (exact) mass is 789 g/mol. The summed E-state index contributed by atoms with van der Waals surface area (Å²) in [4.78, 5) is 30.7. The fourth-order valence-corrected chi connectivity index (χ4v) is 8.79. The molecule has 1 aliphatic carbocycles. The topological polar surface area (TPSA) is 74.3 Å². The number of nitrogens with zero attached hydrogens (tertiary/aromatic N) is 1. The fraction of sp³-hybridized carbons (Fsp3) is 0.211. The molecule has 0 saturated heterocycles. The molecular formula is C38H30Br2ClNO6. The van der Waals surface area contributed by atoms with Crippen molar-refractivity contribution in [2.75, 3.05) is 35.0 Å². The normalized spacial score (nSPS) is 18.4. The number of rotatable bonds is 6. The van der Waals surface area contributed by atoms with Crippen LogP contribution in [0, 0.1) is 0 Å². The van der Waals surface area contributed by atoms with Gasteiger partial charge in [-0.15, -0.1) is 0 Å². The average molecular weight is 792 g/mol. The first-order valence-electron chi connectivity index (χ1n) is 15.2. The van der Waals surface area contributed by atoms with Gasteiger partial charge in [0.1, 0.15) is 11.2 Å². The van der Waals surface area contributed by atoms with E-state index in [1.54, 1.807) is 14.2 Å². The lowest BCUT2D eigenvalue weighted by Crippen LogP contribution is -2.57. The van der Waals surface area contributed by atoms with Gasteiger partial charge >= 0.3 is 11.9 Å². The minimum absolute atomic E-state index is 0.143. The van der Waals surface area contributed by atoms with Crippen molar-refractivity contribution in [3.05, 3.63) is 132 Å². The van der Waals surface area contributed by atoms with Crippen LogP contribution in [0.1, 0.15) is 27.8 Å². The summed E-state index contributed by atoms with van der Waals surface area (Å²) >= 11 is 13.7. The fourth-order valence-electron chi connectivity index (χ4n) is 7.94. The van der Waals surface area contributed by atoms with Crippen LogP contribution in [0.4, 0.5) is 0 Å². The number of esters is 2. The molecule has 2 heterocycles. The second-order valence-corrected chi connectivity index (χ2v) is 14.0. The van der Waals surface area contributed by atoms with Crippen LogP contribution in [0.15, 0.2) is 99.1 Å². The third-order valence-corrected chi connectivity index (χ3v) is 11.0. The zero-order valence-electron chi connectivity index (χ0n) is 26.5. The molecule has 4 aromatic carbocycles. The summed E-state index contributed by atoms with van der Waals surface area (Å²) in [7, 11) is 5.87. The summed E-state index contributed by atoms with van der Waals surface area (Å²) in [6, 6.07) is 23.6. The smallest absolute Gasteiger partial charge is 0.354 e. The summed E-state index contributed by atoms with van der Waals surface area (Å²) in [5.41, 5.74) is 4.02. The van der Waals surface area contributed by atoms with Crippen LogP contribution in [0.2, 0.25) is 5.02 Å². The highest BCUT2D eigenvalue weighted by Gasteiger charge is 2.71. The summed E-state index contributed by atoms with van der Waals surface area (Å²) in [5, 5.41) is 0.611. The average Bonchev–Trinajstić information content (AvgIpc) is 3.53. The van der Waals surface area contributed by atoms with E-state index < -0.39 is 22.9 Å². The van der Waals surface area contributed by atoms with Crippen LogP contribution in [0.3, 0.4) is 0 Å². The molecule has 3 aliphatic rings. The van der Waals surface area contributed by atoms with E-state index in [4.69, 9.17) is 30.5 Å². The van der Waals surface area contributed by atoms with Crippen molar-refractivity contribution in [2.24, 2.45) is 0 Å². The van der Waals surface area contributed by atoms with Gasteiger partial charge in [-0.05, 0) is 93.9 Å². The van der Waals surface area contributed by atoms with Crippen LogP contribution in [-0.4, -0.2) is 51.8 Å². The van der Waals surface area contributed by atoms with E-state index >= 15 is 0 Å². The van der Waals surface area contributed by atoms with Gasteiger partial charge in [-0.25, -0.2) is 9.59 Å². The standard InChI is InChI=1S/C38H30Br2ClNO6/c1-45-31-17-22-14-16-42-34(36(44)48-4)33(35(43)47-3)38(29-18-23(39)7-11-26(29)27-12-8-24(40)19-30(27)38)37(42,28(22)20-32(31)46-2)15-13-21-5-9-25(41)10-6-21/h5-13,15,17-20H,14,16H2,1-4H3/b15-13+. The summed E-state index contributed by atoms with van der Waals surface area (Å²) in [6.45, 7) is 0.382. The van der Waals surface area contributed by atoms with Gasteiger partial charge in [0.05, 0.1) is 39.4 Å². The lowest BCUT2D eigenvalue weighted by molar-refractivity contribution is -0.140. The maximum Gasteiger partial charge on any atom is 0.354 e. The molecule has 1 unspecified atom stereocenters. The molecule has 0 bridgehead atoms. The molecule has 0 radical (unpaired) electrons. The maximum absolute atomic E-state index is 14.5. The lowest BCUT2D eigenvalue weighted by atomic mass is 9.56. The molecule has 244 valence electrons. The van der Waals surface area contributed by atoms with Gasteiger partial charge in [0.15, 0.2) is 11.5 Å². The van der Waals surface area contributed by atoms with Gasteiger partial charge in [-0.2, -0.15) is 0 Å². The van der Waals surface area contributed by atoms with E-state index in [1.165, 1.54) is 14.2 Å². The summed E-state index contributed by atoms with van der Waals surface area (Å²) in [5.74, 6) is -0.175. The lowest BCUT2D eigenvalue weighted by Gasteiger charge is -2.53. The Balaban J connectivity index is 1.74. The van der Waals surface area contributed by atoms with E-state index in [1.807, 2.05) is 83.8 Å². The molecule has 0 saturated carbocycles. The number of carbonyl (C=O) groups excluding carboxylic acids is 2. The number of methoxy groups -OCH3 is 4. The molecule has 4 aromatic rings. The zero-order chi connectivity index (χ0) is 34.0. The Kier molecular flexibility index (Phi) is 8.21. The highest BCUT2D eigenvalue weighted by molar-refractivity contribution is 9.10. The maximum atomic E-state index is 14.5. The van der Waals surface area contributed by atoms with Crippen molar-refractivity contribution >= 4 is 61.5 Å². The predicted octanol–water partition coefficient (Wildman–Crippen LogP) is 8.23. The van der Waals surface area contributed by atoms with Crippen LogP contribution < -0.4 is 9.47 Å². The van der Waals surface area contributed by atoms with Crippen molar-refractivity contribution in [2.45, 2.75) is 17.4 Å². The molecule has 0 aromatic heterocycles.